The first kappa shape index (κ1) is 30.6. The van der Waals surface area contributed by atoms with Gasteiger partial charge in [-0.15, -0.1) is 0 Å². The van der Waals surface area contributed by atoms with E-state index in [1.165, 1.54) is 30.3 Å². The Morgan fingerprint density at radius 1 is 0.925 bits per heavy atom. The van der Waals surface area contributed by atoms with Crippen molar-refractivity contribution in [3.8, 4) is 0 Å². The summed E-state index contributed by atoms with van der Waals surface area (Å²) in [6.45, 7) is 14.8. The minimum atomic E-state index is -0.330. The molecule has 5 nitrogen and oxygen atoms in total. The number of anilines is 1. The van der Waals surface area contributed by atoms with Gasteiger partial charge in [0.25, 0.3) is 0 Å². The van der Waals surface area contributed by atoms with Crippen LogP contribution in [0.5, 0.6) is 0 Å². The third kappa shape index (κ3) is 8.26. The molecule has 0 unspecified atom stereocenters. The van der Waals surface area contributed by atoms with Crippen molar-refractivity contribution in [3.05, 3.63) is 129 Å². The van der Waals surface area contributed by atoms with Crippen LogP contribution in [0.2, 0.25) is 0 Å². The van der Waals surface area contributed by atoms with E-state index < -0.39 is 0 Å². The van der Waals surface area contributed by atoms with Gasteiger partial charge in [0, 0.05) is 36.4 Å². The molecule has 0 aliphatic carbocycles. The number of aliphatic hydroxyl groups is 1. The lowest BCUT2D eigenvalue weighted by Crippen LogP contribution is -2.29. The van der Waals surface area contributed by atoms with E-state index in [9.17, 15) is 18.7 Å². The SMILES string of the molecule is C=C(NCc1ccc(F)cc1)c1cn([C@H](CO)C(C)(C)C)c(C)cc(C)c(NCc2ccc(F)cc2)ccc1=O. The van der Waals surface area contributed by atoms with Gasteiger partial charge in [-0.3, -0.25) is 4.79 Å². The zero-order valence-electron chi connectivity index (χ0n) is 23.9. The summed E-state index contributed by atoms with van der Waals surface area (Å²) in [7, 11) is 0. The molecular weight excluding hydrogens is 508 g/mol. The van der Waals surface area contributed by atoms with Crippen LogP contribution in [-0.4, -0.2) is 16.3 Å². The van der Waals surface area contributed by atoms with Crippen LogP contribution >= 0.6 is 0 Å². The molecule has 0 saturated carbocycles. The van der Waals surface area contributed by atoms with Crippen molar-refractivity contribution in [2.75, 3.05) is 11.9 Å². The molecule has 0 aliphatic rings. The molecule has 212 valence electrons. The molecule has 3 N–H and O–H groups in total. The topological polar surface area (TPSA) is 66.3 Å². The number of hydrogen-bond donors (Lipinski definition) is 3. The Kier molecular flexibility index (Phi) is 10.2. The van der Waals surface area contributed by atoms with Gasteiger partial charge in [-0.05, 0) is 78.4 Å². The molecule has 1 atom stereocenters. The fourth-order valence-electron chi connectivity index (χ4n) is 4.40. The lowest BCUT2D eigenvalue weighted by atomic mass is 9.86. The molecular formula is C33H39F2N3O2. The fourth-order valence-corrected chi connectivity index (χ4v) is 4.40. The van der Waals surface area contributed by atoms with Gasteiger partial charge in [0.2, 0.25) is 0 Å². The van der Waals surface area contributed by atoms with Gasteiger partial charge < -0.3 is 20.3 Å². The number of aryl methyl sites for hydroxylation is 2. The summed E-state index contributed by atoms with van der Waals surface area (Å²) in [6, 6.07) is 17.3. The minimum Gasteiger partial charge on any atom is -0.394 e. The first-order valence-electron chi connectivity index (χ1n) is 13.3. The molecule has 0 bridgehead atoms. The van der Waals surface area contributed by atoms with Crippen LogP contribution in [0.1, 0.15) is 54.8 Å². The summed E-state index contributed by atoms with van der Waals surface area (Å²) in [5.74, 6) is -0.618. The minimum absolute atomic E-state index is 0.129. The van der Waals surface area contributed by atoms with Gasteiger partial charge in [0.1, 0.15) is 11.6 Å². The molecule has 3 aromatic rings. The summed E-state index contributed by atoms with van der Waals surface area (Å²) in [4.78, 5) is 13.6. The van der Waals surface area contributed by atoms with Crippen molar-refractivity contribution < 1.29 is 13.9 Å². The predicted octanol–water partition coefficient (Wildman–Crippen LogP) is 6.82. The number of aromatic nitrogens is 1. The lowest BCUT2D eigenvalue weighted by molar-refractivity contribution is 0.135. The zero-order chi connectivity index (χ0) is 29.4. The maximum absolute atomic E-state index is 13.6. The molecule has 7 heteroatoms. The average molecular weight is 548 g/mol. The summed E-state index contributed by atoms with van der Waals surface area (Å²) in [5.41, 5.74) is 4.36. The predicted molar refractivity (Wildman–Crippen MR) is 159 cm³/mol. The number of nitrogens with one attached hydrogen (secondary N) is 2. The Labute approximate surface area is 235 Å². The number of hydrogen-bond acceptors (Lipinski definition) is 4. The highest BCUT2D eigenvalue weighted by Crippen LogP contribution is 2.31. The van der Waals surface area contributed by atoms with Crippen molar-refractivity contribution in [3.63, 3.8) is 0 Å². The van der Waals surface area contributed by atoms with Gasteiger partial charge in [0.15, 0.2) is 5.43 Å². The van der Waals surface area contributed by atoms with E-state index in [2.05, 4.69) is 17.2 Å². The monoisotopic (exact) mass is 547 g/mol. The van der Waals surface area contributed by atoms with E-state index in [0.717, 1.165) is 28.1 Å². The molecule has 0 radical (unpaired) electrons. The largest absolute Gasteiger partial charge is 0.394 e. The van der Waals surface area contributed by atoms with Crippen molar-refractivity contribution in [1.29, 1.82) is 0 Å². The molecule has 0 fully saturated rings. The Morgan fingerprint density at radius 3 is 2.00 bits per heavy atom. The van der Waals surface area contributed by atoms with Crippen molar-refractivity contribution in [2.24, 2.45) is 5.41 Å². The summed E-state index contributed by atoms with van der Waals surface area (Å²) < 4.78 is 28.6. The highest BCUT2D eigenvalue weighted by molar-refractivity contribution is 5.61. The maximum Gasteiger partial charge on any atom is 0.189 e. The zero-order valence-corrected chi connectivity index (χ0v) is 23.9. The Bertz CT molecular complexity index is 1440. The van der Waals surface area contributed by atoms with Crippen LogP contribution in [0, 0.1) is 30.9 Å². The second kappa shape index (κ2) is 13.4. The van der Waals surface area contributed by atoms with Crippen LogP contribution in [0.4, 0.5) is 14.5 Å². The van der Waals surface area contributed by atoms with Crippen LogP contribution < -0.4 is 16.1 Å². The molecule has 0 aliphatic heterocycles. The second-order valence-corrected chi connectivity index (χ2v) is 11.0. The quantitative estimate of drug-likeness (QED) is 0.275. The average Bonchev–Trinajstić information content (AvgIpc) is 2.90. The second-order valence-electron chi connectivity index (χ2n) is 11.0. The first-order chi connectivity index (χ1) is 18.9. The van der Waals surface area contributed by atoms with Crippen LogP contribution in [0.25, 0.3) is 5.70 Å². The van der Waals surface area contributed by atoms with Gasteiger partial charge in [0.05, 0.1) is 18.2 Å². The summed E-state index contributed by atoms with van der Waals surface area (Å²) >= 11 is 0. The molecule has 1 aromatic heterocycles. The van der Waals surface area contributed by atoms with Gasteiger partial charge in [-0.2, -0.15) is 0 Å². The lowest BCUT2D eigenvalue weighted by Gasteiger charge is -2.33. The standard InChI is InChI=1S/C33H39F2N3O2/c1-22-17-23(2)38(32(21-39)33(4,5)6)20-29(24(3)36-18-25-7-11-27(34)12-8-25)31(40)16-15-30(22)37-19-26-9-13-28(35)14-10-26/h7-17,20,32,36-37,39H,3,18-19,21H2,1-2,4-6H3/t32-/m1/s1. The van der Waals surface area contributed by atoms with E-state index in [1.807, 2.05) is 45.3 Å². The number of rotatable bonds is 9. The third-order valence-corrected chi connectivity index (χ3v) is 6.84. The molecule has 40 heavy (non-hydrogen) atoms. The Balaban J connectivity index is 2.13. The van der Waals surface area contributed by atoms with E-state index in [4.69, 9.17) is 0 Å². The Morgan fingerprint density at radius 2 is 1.48 bits per heavy atom. The number of aliphatic hydroxyl groups excluding tert-OH is 1. The van der Waals surface area contributed by atoms with E-state index >= 15 is 0 Å². The van der Waals surface area contributed by atoms with E-state index in [1.54, 1.807) is 36.5 Å². The smallest absolute Gasteiger partial charge is 0.189 e. The molecule has 2 aromatic carbocycles. The number of halogens is 2. The summed E-state index contributed by atoms with van der Waals surface area (Å²) in [6.07, 6.45) is 1.74. The van der Waals surface area contributed by atoms with Crippen LogP contribution in [0.15, 0.2) is 84.3 Å². The Hall–Kier alpha value is -3.97. The first-order valence-corrected chi connectivity index (χ1v) is 13.3. The molecule has 0 spiro atoms. The highest BCUT2D eigenvalue weighted by atomic mass is 19.1. The fraction of sp³-hybridized carbons (Fsp3) is 0.303. The molecule has 1 heterocycles. The van der Waals surface area contributed by atoms with E-state index in [0.29, 0.717) is 24.4 Å². The van der Waals surface area contributed by atoms with Crippen molar-refractivity contribution in [2.45, 2.75) is 53.8 Å². The number of nitrogens with zero attached hydrogens (tertiary/aromatic N) is 1. The van der Waals surface area contributed by atoms with Crippen molar-refractivity contribution in [1.82, 2.24) is 9.88 Å². The van der Waals surface area contributed by atoms with Crippen molar-refractivity contribution >= 4 is 11.4 Å². The molecule has 3 rings (SSSR count). The van der Waals surface area contributed by atoms with Gasteiger partial charge in [-0.1, -0.05) is 51.6 Å². The highest BCUT2D eigenvalue weighted by Gasteiger charge is 2.26. The number of benzene rings is 2. The van der Waals surface area contributed by atoms with Crippen LogP contribution in [-0.2, 0) is 13.1 Å². The maximum atomic E-state index is 13.6. The van der Waals surface area contributed by atoms with Gasteiger partial charge >= 0.3 is 0 Å². The van der Waals surface area contributed by atoms with E-state index in [-0.39, 0.29) is 35.1 Å². The normalized spacial score (nSPS) is 11.9. The third-order valence-electron chi connectivity index (χ3n) is 6.84. The summed E-state index contributed by atoms with van der Waals surface area (Å²) in [5, 5.41) is 17.0. The van der Waals surface area contributed by atoms with Gasteiger partial charge in [-0.25, -0.2) is 8.78 Å². The van der Waals surface area contributed by atoms with Crippen LogP contribution in [0.3, 0.4) is 0 Å². The molecule has 0 saturated heterocycles. The molecule has 0 amide bonds.